The summed E-state index contributed by atoms with van der Waals surface area (Å²) in [6, 6.07) is 8.29. The molecule has 1 aromatic rings. The summed E-state index contributed by atoms with van der Waals surface area (Å²) in [5, 5.41) is 0. The molecule has 0 atom stereocenters. The number of para-hydroxylation sites is 2. The monoisotopic (exact) mass is 220 g/mol. The molecule has 0 unspecified atom stereocenters. The number of nitrogens with zero attached hydrogens (tertiary/aromatic N) is 1. The molecule has 1 fully saturated rings. The van der Waals surface area contributed by atoms with E-state index in [2.05, 4.69) is 17.0 Å². The molecule has 0 radical (unpaired) electrons. The fourth-order valence-electron chi connectivity index (χ4n) is 2.06. The molecule has 1 aromatic carbocycles. The van der Waals surface area contributed by atoms with Crippen molar-refractivity contribution in [1.82, 2.24) is 0 Å². The summed E-state index contributed by atoms with van der Waals surface area (Å²) >= 11 is 0. The van der Waals surface area contributed by atoms with Crippen LogP contribution in [0.1, 0.15) is 19.3 Å². The van der Waals surface area contributed by atoms with Gasteiger partial charge in [0.15, 0.2) is 0 Å². The topological polar surface area (TPSA) is 38.5 Å². The molecule has 88 valence electrons. The lowest BCUT2D eigenvalue weighted by molar-refractivity contribution is 0.314. The molecule has 0 bridgehead atoms. The predicted molar refractivity (Wildman–Crippen MR) is 67.1 cm³/mol. The fourth-order valence-corrected chi connectivity index (χ4v) is 2.06. The van der Waals surface area contributed by atoms with Crippen molar-refractivity contribution in [3.63, 3.8) is 0 Å². The molecule has 0 aliphatic carbocycles. The zero-order valence-electron chi connectivity index (χ0n) is 9.69. The number of rotatable bonds is 5. The van der Waals surface area contributed by atoms with E-state index in [9.17, 15) is 0 Å². The van der Waals surface area contributed by atoms with Crippen LogP contribution in [0.15, 0.2) is 24.3 Å². The molecule has 3 nitrogen and oxygen atoms in total. The molecule has 2 N–H and O–H groups in total. The molecule has 3 heteroatoms. The van der Waals surface area contributed by atoms with Crippen molar-refractivity contribution in [2.75, 3.05) is 31.1 Å². The quantitative estimate of drug-likeness (QED) is 0.771. The molecule has 16 heavy (non-hydrogen) atoms. The van der Waals surface area contributed by atoms with Crippen LogP contribution in [0, 0.1) is 0 Å². The highest BCUT2D eigenvalue weighted by Crippen LogP contribution is 2.30. The van der Waals surface area contributed by atoms with Gasteiger partial charge in [0.05, 0.1) is 12.3 Å². The third-order valence-electron chi connectivity index (χ3n) is 2.92. The molecule has 1 aliphatic rings. The van der Waals surface area contributed by atoms with Gasteiger partial charge >= 0.3 is 0 Å². The van der Waals surface area contributed by atoms with Gasteiger partial charge in [0.25, 0.3) is 0 Å². The van der Waals surface area contributed by atoms with Gasteiger partial charge in [-0.05, 0) is 37.9 Å². The van der Waals surface area contributed by atoms with E-state index in [1.165, 1.54) is 18.5 Å². The van der Waals surface area contributed by atoms with Crippen molar-refractivity contribution >= 4 is 5.69 Å². The van der Waals surface area contributed by atoms with E-state index in [0.717, 1.165) is 25.3 Å². The molecule has 0 amide bonds. The average molecular weight is 220 g/mol. The SMILES string of the molecule is NCCCOc1ccccc1N1CCCC1. The third-order valence-corrected chi connectivity index (χ3v) is 2.92. The summed E-state index contributed by atoms with van der Waals surface area (Å²) in [6.07, 6.45) is 3.49. The van der Waals surface area contributed by atoms with Gasteiger partial charge in [-0.2, -0.15) is 0 Å². The van der Waals surface area contributed by atoms with E-state index >= 15 is 0 Å². The number of benzene rings is 1. The molecule has 0 saturated carbocycles. The first kappa shape index (κ1) is 11.3. The van der Waals surface area contributed by atoms with Gasteiger partial charge in [-0.3, -0.25) is 0 Å². The van der Waals surface area contributed by atoms with Crippen LogP contribution in [-0.2, 0) is 0 Å². The largest absolute Gasteiger partial charge is 0.491 e. The molecular formula is C13H20N2O. The molecule has 1 saturated heterocycles. The molecule has 0 aromatic heterocycles. The third kappa shape index (κ3) is 2.67. The highest BCUT2D eigenvalue weighted by atomic mass is 16.5. The standard InChI is InChI=1S/C13H20N2O/c14-8-5-11-16-13-7-2-1-6-12(13)15-9-3-4-10-15/h1-2,6-7H,3-5,8-11,14H2. The lowest BCUT2D eigenvalue weighted by Gasteiger charge is -2.21. The van der Waals surface area contributed by atoms with Crippen LogP contribution in [0.4, 0.5) is 5.69 Å². The number of anilines is 1. The Bertz CT molecular complexity index is 321. The van der Waals surface area contributed by atoms with Gasteiger partial charge in [-0.1, -0.05) is 12.1 Å². The van der Waals surface area contributed by atoms with Gasteiger partial charge in [0, 0.05) is 13.1 Å². The van der Waals surface area contributed by atoms with Gasteiger partial charge in [0.1, 0.15) is 5.75 Å². The lowest BCUT2D eigenvalue weighted by atomic mass is 10.2. The molecule has 0 spiro atoms. The summed E-state index contributed by atoms with van der Waals surface area (Å²) in [7, 11) is 0. The summed E-state index contributed by atoms with van der Waals surface area (Å²) < 4.78 is 5.77. The average Bonchev–Trinajstić information content (AvgIpc) is 2.83. The van der Waals surface area contributed by atoms with Crippen LogP contribution in [0.3, 0.4) is 0 Å². The fraction of sp³-hybridized carbons (Fsp3) is 0.538. The van der Waals surface area contributed by atoms with E-state index in [1.807, 2.05) is 12.1 Å². The van der Waals surface area contributed by atoms with Gasteiger partial charge in [0.2, 0.25) is 0 Å². The number of nitrogens with two attached hydrogens (primary N) is 1. The Morgan fingerprint density at radius 3 is 2.69 bits per heavy atom. The van der Waals surface area contributed by atoms with Gasteiger partial charge in [-0.15, -0.1) is 0 Å². The Labute approximate surface area is 97.2 Å². The van der Waals surface area contributed by atoms with Crippen molar-refractivity contribution in [3.8, 4) is 5.75 Å². The van der Waals surface area contributed by atoms with E-state index < -0.39 is 0 Å². The van der Waals surface area contributed by atoms with Gasteiger partial charge < -0.3 is 15.4 Å². The highest BCUT2D eigenvalue weighted by Gasteiger charge is 2.15. The smallest absolute Gasteiger partial charge is 0.142 e. The summed E-state index contributed by atoms with van der Waals surface area (Å²) in [6.45, 7) is 3.70. The predicted octanol–water partition coefficient (Wildman–Crippen LogP) is 2.01. The van der Waals surface area contributed by atoms with Crippen molar-refractivity contribution in [2.24, 2.45) is 5.73 Å². The normalized spacial score (nSPS) is 15.4. The first-order chi connectivity index (χ1) is 7.92. The van der Waals surface area contributed by atoms with E-state index in [1.54, 1.807) is 0 Å². The highest BCUT2D eigenvalue weighted by molar-refractivity contribution is 5.58. The maximum Gasteiger partial charge on any atom is 0.142 e. The summed E-state index contributed by atoms with van der Waals surface area (Å²) in [4.78, 5) is 2.40. The zero-order valence-corrected chi connectivity index (χ0v) is 9.69. The van der Waals surface area contributed by atoms with Crippen LogP contribution in [0.25, 0.3) is 0 Å². The zero-order chi connectivity index (χ0) is 11.2. The Morgan fingerprint density at radius 1 is 1.19 bits per heavy atom. The molecular weight excluding hydrogens is 200 g/mol. The maximum atomic E-state index is 5.77. The molecule has 2 rings (SSSR count). The van der Waals surface area contributed by atoms with Crippen LogP contribution in [-0.4, -0.2) is 26.2 Å². The first-order valence-electron chi connectivity index (χ1n) is 6.08. The Morgan fingerprint density at radius 2 is 1.94 bits per heavy atom. The Balaban J connectivity index is 2.04. The lowest BCUT2D eigenvalue weighted by Crippen LogP contribution is -2.18. The minimum absolute atomic E-state index is 0.686. The van der Waals surface area contributed by atoms with E-state index in [0.29, 0.717) is 13.2 Å². The van der Waals surface area contributed by atoms with Crippen LogP contribution in [0.5, 0.6) is 5.75 Å². The van der Waals surface area contributed by atoms with E-state index in [-0.39, 0.29) is 0 Å². The second-order valence-electron chi connectivity index (χ2n) is 4.15. The Kier molecular flexibility index (Phi) is 4.05. The van der Waals surface area contributed by atoms with Gasteiger partial charge in [-0.25, -0.2) is 0 Å². The van der Waals surface area contributed by atoms with Crippen LogP contribution >= 0.6 is 0 Å². The minimum atomic E-state index is 0.686. The first-order valence-corrected chi connectivity index (χ1v) is 6.08. The Hall–Kier alpha value is -1.22. The molecule has 1 aliphatic heterocycles. The second-order valence-corrected chi connectivity index (χ2v) is 4.15. The number of ether oxygens (including phenoxy) is 1. The number of hydrogen-bond donors (Lipinski definition) is 1. The van der Waals surface area contributed by atoms with Crippen molar-refractivity contribution in [2.45, 2.75) is 19.3 Å². The number of hydrogen-bond acceptors (Lipinski definition) is 3. The van der Waals surface area contributed by atoms with E-state index in [4.69, 9.17) is 10.5 Å². The summed E-state index contributed by atoms with van der Waals surface area (Å²) in [5.74, 6) is 0.998. The van der Waals surface area contributed by atoms with Crippen molar-refractivity contribution < 1.29 is 4.74 Å². The van der Waals surface area contributed by atoms with Crippen LogP contribution < -0.4 is 15.4 Å². The summed E-state index contributed by atoms with van der Waals surface area (Å²) in [5.41, 5.74) is 6.70. The second kappa shape index (κ2) is 5.75. The minimum Gasteiger partial charge on any atom is -0.491 e. The van der Waals surface area contributed by atoms with Crippen molar-refractivity contribution in [1.29, 1.82) is 0 Å². The maximum absolute atomic E-state index is 5.77. The van der Waals surface area contributed by atoms with Crippen LogP contribution in [0.2, 0.25) is 0 Å². The molecule has 1 heterocycles. The van der Waals surface area contributed by atoms with Crippen molar-refractivity contribution in [3.05, 3.63) is 24.3 Å².